The summed E-state index contributed by atoms with van der Waals surface area (Å²) >= 11 is 0. The van der Waals surface area contributed by atoms with E-state index in [4.69, 9.17) is 9.47 Å². The van der Waals surface area contributed by atoms with Gasteiger partial charge in [0.15, 0.2) is 0 Å². The standard InChI is InChI=1S/C14H20O2/c1-3-15-10-5-4-6-11-16-14-9-7-8-13(2)12-14/h4-5,7-9,12H,3,6,10-11H2,1-2H3/b5-4+. The third kappa shape index (κ3) is 5.56. The number of aryl methyl sites for hydroxylation is 1. The molecule has 2 nitrogen and oxygen atoms in total. The molecule has 0 amide bonds. The lowest BCUT2D eigenvalue weighted by molar-refractivity contribution is 0.177. The first-order valence-electron chi connectivity index (χ1n) is 5.75. The quantitative estimate of drug-likeness (QED) is 0.518. The van der Waals surface area contributed by atoms with E-state index in [9.17, 15) is 0 Å². The van der Waals surface area contributed by atoms with Crippen molar-refractivity contribution in [1.82, 2.24) is 0 Å². The van der Waals surface area contributed by atoms with Crippen LogP contribution in [0.25, 0.3) is 0 Å². The Balaban J connectivity index is 2.13. The SMILES string of the molecule is CCOC/C=C/CCOc1cccc(C)c1. The summed E-state index contributed by atoms with van der Waals surface area (Å²) in [6, 6.07) is 8.10. The highest BCUT2D eigenvalue weighted by atomic mass is 16.5. The van der Waals surface area contributed by atoms with E-state index in [1.807, 2.05) is 31.2 Å². The number of ether oxygens (including phenoxy) is 2. The van der Waals surface area contributed by atoms with E-state index in [0.717, 1.165) is 18.8 Å². The number of rotatable bonds is 7. The Morgan fingerprint density at radius 1 is 1.25 bits per heavy atom. The average molecular weight is 220 g/mol. The van der Waals surface area contributed by atoms with Crippen LogP contribution < -0.4 is 4.74 Å². The second-order valence-electron chi connectivity index (χ2n) is 3.58. The monoisotopic (exact) mass is 220 g/mol. The van der Waals surface area contributed by atoms with Gasteiger partial charge in [-0.15, -0.1) is 0 Å². The molecule has 1 aromatic rings. The van der Waals surface area contributed by atoms with E-state index in [0.29, 0.717) is 13.2 Å². The van der Waals surface area contributed by atoms with Crippen LogP contribution in [0.1, 0.15) is 18.9 Å². The molecule has 0 atom stereocenters. The zero-order valence-corrected chi connectivity index (χ0v) is 10.1. The van der Waals surface area contributed by atoms with Crippen LogP contribution in [0.4, 0.5) is 0 Å². The lowest BCUT2D eigenvalue weighted by atomic mass is 10.2. The van der Waals surface area contributed by atoms with Gasteiger partial charge < -0.3 is 9.47 Å². The molecule has 0 aliphatic carbocycles. The van der Waals surface area contributed by atoms with Crippen molar-refractivity contribution >= 4 is 0 Å². The molecule has 0 saturated heterocycles. The Labute approximate surface area is 97.9 Å². The van der Waals surface area contributed by atoms with E-state index in [1.54, 1.807) is 0 Å². The van der Waals surface area contributed by atoms with Crippen molar-refractivity contribution in [2.24, 2.45) is 0 Å². The van der Waals surface area contributed by atoms with Crippen LogP contribution in [0.3, 0.4) is 0 Å². The van der Waals surface area contributed by atoms with Gasteiger partial charge in [-0.25, -0.2) is 0 Å². The molecule has 0 fully saturated rings. The third-order valence-corrected chi connectivity index (χ3v) is 2.13. The molecule has 0 aliphatic heterocycles. The fraction of sp³-hybridized carbons (Fsp3) is 0.429. The number of hydrogen-bond acceptors (Lipinski definition) is 2. The van der Waals surface area contributed by atoms with E-state index in [-0.39, 0.29) is 0 Å². The maximum Gasteiger partial charge on any atom is 0.119 e. The Morgan fingerprint density at radius 2 is 2.12 bits per heavy atom. The second kappa shape index (κ2) is 7.94. The van der Waals surface area contributed by atoms with Crippen molar-refractivity contribution in [2.45, 2.75) is 20.3 Å². The van der Waals surface area contributed by atoms with Gasteiger partial charge in [-0.05, 0) is 38.0 Å². The van der Waals surface area contributed by atoms with E-state index >= 15 is 0 Å². The molecule has 0 spiro atoms. The summed E-state index contributed by atoms with van der Waals surface area (Å²) in [5.41, 5.74) is 1.23. The van der Waals surface area contributed by atoms with Crippen molar-refractivity contribution in [1.29, 1.82) is 0 Å². The summed E-state index contributed by atoms with van der Waals surface area (Å²) in [5, 5.41) is 0. The predicted molar refractivity (Wildman–Crippen MR) is 66.9 cm³/mol. The maximum atomic E-state index is 5.60. The fourth-order valence-corrected chi connectivity index (χ4v) is 1.32. The van der Waals surface area contributed by atoms with Crippen LogP contribution in [-0.2, 0) is 4.74 Å². The van der Waals surface area contributed by atoms with Crippen LogP contribution >= 0.6 is 0 Å². The Kier molecular flexibility index (Phi) is 6.35. The minimum absolute atomic E-state index is 0.695. The zero-order chi connectivity index (χ0) is 11.6. The van der Waals surface area contributed by atoms with Crippen LogP contribution in [0, 0.1) is 6.92 Å². The van der Waals surface area contributed by atoms with Gasteiger partial charge >= 0.3 is 0 Å². The van der Waals surface area contributed by atoms with Gasteiger partial charge in [0, 0.05) is 6.61 Å². The van der Waals surface area contributed by atoms with Crippen molar-refractivity contribution in [3.05, 3.63) is 42.0 Å². The lowest BCUT2D eigenvalue weighted by Gasteiger charge is -2.04. The third-order valence-electron chi connectivity index (χ3n) is 2.13. The molecule has 1 rings (SSSR count). The molecule has 0 unspecified atom stereocenters. The maximum absolute atomic E-state index is 5.60. The molecule has 0 bridgehead atoms. The molecule has 0 saturated carbocycles. The van der Waals surface area contributed by atoms with Gasteiger partial charge in [0.1, 0.15) is 5.75 Å². The molecule has 0 aromatic heterocycles. The van der Waals surface area contributed by atoms with Crippen molar-refractivity contribution in [3.8, 4) is 5.75 Å². The van der Waals surface area contributed by atoms with Crippen LogP contribution in [0.15, 0.2) is 36.4 Å². The minimum Gasteiger partial charge on any atom is -0.493 e. The number of hydrogen-bond donors (Lipinski definition) is 0. The summed E-state index contributed by atoms with van der Waals surface area (Å²) in [4.78, 5) is 0. The Morgan fingerprint density at radius 3 is 2.88 bits per heavy atom. The zero-order valence-electron chi connectivity index (χ0n) is 10.1. The van der Waals surface area contributed by atoms with Gasteiger partial charge in [0.25, 0.3) is 0 Å². The van der Waals surface area contributed by atoms with Crippen LogP contribution in [-0.4, -0.2) is 19.8 Å². The van der Waals surface area contributed by atoms with E-state index < -0.39 is 0 Å². The first-order valence-corrected chi connectivity index (χ1v) is 5.75. The highest BCUT2D eigenvalue weighted by Gasteiger charge is 1.91. The highest BCUT2D eigenvalue weighted by molar-refractivity contribution is 5.27. The summed E-state index contributed by atoms with van der Waals surface area (Å²) < 4.78 is 10.8. The fourth-order valence-electron chi connectivity index (χ4n) is 1.32. The van der Waals surface area contributed by atoms with Gasteiger partial charge in [-0.1, -0.05) is 24.3 Å². The lowest BCUT2D eigenvalue weighted by Crippen LogP contribution is -1.96. The smallest absolute Gasteiger partial charge is 0.119 e. The molecule has 16 heavy (non-hydrogen) atoms. The van der Waals surface area contributed by atoms with Crippen molar-refractivity contribution in [3.63, 3.8) is 0 Å². The molecule has 0 N–H and O–H groups in total. The normalized spacial score (nSPS) is 10.9. The molecule has 0 radical (unpaired) electrons. The molecule has 2 heteroatoms. The van der Waals surface area contributed by atoms with Gasteiger partial charge in [0.2, 0.25) is 0 Å². The first-order chi connectivity index (χ1) is 7.83. The van der Waals surface area contributed by atoms with E-state index in [2.05, 4.69) is 19.1 Å². The largest absolute Gasteiger partial charge is 0.493 e. The van der Waals surface area contributed by atoms with Crippen LogP contribution in [0.5, 0.6) is 5.75 Å². The predicted octanol–water partition coefficient (Wildman–Crippen LogP) is 3.36. The molecular formula is C14H20O2. The summed E-state index contributed by atoms with van der Waals surface area (Å²) in [6.45, 7) is 6.24. The summed E-state index contributed by atoms with van der Waals surface area (Å²) in [7, 11) is 0. The first kappa shape index (κ1) is 12.8. The molecule has 1 aromatic carbocycles. The average Bonchev–Trinajstić information content (AvgIpc) is 2.28. The van der Waals surface area contributed by atoms with Crippen LogP contribution in [0.2, 0.25) is 0 Å². The minimum atomic E-state index is 0.695. The van der Waals surface area contributed by atoms with Gasteiger partial charge in [-0.2, -0.15) is 0 Å². The van der Waals surface area contributed by atoms with Gasteiger partial charge in [0.05, 0.1) is 13.2 Å². The molecule has 0 heterocycles. The summed E-state index contributed by atoms with van der Waals surface area (Å²) in [5.74, 6) is 0.943. The highest BCUT2D eigenvalue weighted by Crippen LogP contribution is 2.12. The Hall–Kier alpha value is -1.28. The topological polar surface area (TPSA) is 18.5 Å². The number of benzene rings is 1. The Bertz CT molecular complexity index is 318. The van der Waals surface area contributed by atoms with Crippen molar-refractivity contribution < 1.29 is 9.47 Å². The van der Waals surface area contributed by atoms with E-state index in [1.165, 1.54) is 5.56 Å². The molecular weight excluding hydrogens is 200 g/mol. The summed E-state index contributed by atoms with van der Waals surface area (Å²) in [6.07, 6.45) is 5.04. The van der Waals surface area contributed by atoms with Gasteiger partial charge in [-0.3, -0.25) is 0 Å². The molecule has 88 valence electrons. The second-order valence-corrected chi connectivity index (χ2v) is 3.58. The molecule has 0 aliphatic rings. The van der Waals surface area contributed by atoms with Crippen molar-refractivity contribution in [2.75, 3.05) is 19.8 Å².